The van der Waals surface area contributed by atoms with E-state index >= 15 is 0 Å². The number of pyridine rings is 1. The Hall–Kier alpha value is -1.62. The first kappa shape index (κ1) is 9.92. The van der Waals surface area contributed by atoms with E-state index in [1.54, 1.807) is 4.52 Å². The van der Waals surface area contributed by atoms with Crippen LogP contribution < -0.4 is 11.1 Å². The van der Waals surface area contributed by atoms with Crippen LogP contribution in [0.4, 0.5) is 5.95 Å². The van der Waals surface area contributed by atoms with Gasteiger partial charge in [0.2, 0.25) is 5.95 Å². The van der Waals surface area contributed by atoms with E-state index in [0.717, 1.165) is 11.2 Å². The van der Waals surface area contributed by atoms with E-state index in [1.807, 2.05) is 32.2 Å². The minimum Gasteiger partial charge on any atom is -0.351 e. The second-order valence-electron chi connectivity index (χ2n) is 3.80. The van der Waals surface area contributed by atoms with Crippen molar-refractivity contribution in [3.05, 3.63) is 23.9 Å². The van der Waals surface area contributed by atoms with Crippen LogP contribution in [-0.4, -0.2) is 27.2 Å². The summed E-state index contributed by atoms with van der Waals surface area (Å²) in [6, 6.07) is 4.05. The second kappa shape index (κ2) is 3.86. The summed E-state index contributed by atoms with van der Waals surface area (Å²) < 4.78 is 1.76. The number of hydrogen-bond donors (Lipinski definition) is 2. The zero-order chi connectivity index (χ0) is 10.8. The molecule has 0 aromatic carbocycles. The van der Waals surface area contributed by atoms with Crippen LogP contribution in [-0.2, 0) is 0 Å². The molecule has 0 fully saturated rings. The second-order valence-corrected chi connectivity index (χ2v) is 3.80. The maximum atomic E-state index is 5.63. The molecule has 0 saturated carbocycles. The Balaban J connectivity index is 2.23. The molecular formula is C10H15N5. The van der Waals surface area contributed by atoms with Crippen molar-refractivity contribution in [3.8, 4) is 0 Å². The van der Waals surface area contributed by atoms with Crippen LogP contribution in [0, 0.1) is 6.92 Å². The van der Waals surface area contributed by atoms with Gasteiger partial charge in [-0.25, -0.2) is 4.52 Å². The van der Waals surface area contributed by atoms with Crippen molar-refractivity contribution in [2.45, 2.75) is 19.9 Å². The van der Waals surface area contributed by atoms with Crippen LogP contribution in [0.15, 0.2) is 18.3 Å². The molecule has 5 nitrogen and oxygen atoms in total. The molecule has 2 heterocycles. The number of fused-ring (bicyclic) bond motifs is 1. The summed E-state index contributed by atoms with van der Waals surface area (Å²) >= 11 is 0. The number of rotatable bonds is 3. The molecule has 1 unspecified atom stereocenters. The van der Waals surface area contributed by atoms with Gasteiger partial charge in [-0.1, -0.05) is 6.07 Å². The molecule has 80 valence electrons. The zero-order valence-corrected chi connectivity index (χ0v) is 8.94. The maximum absolute atomic E-state index is 5.63. The molecule has 15 heavy (non-hydrogen) atoms. The van der Waals surface area contributed by atoms with Crippen molar-refractivity contribution >= 4 is 11.6 Å². The standard InChI is InChI=1S/C10H15N5/c1-7-3-4-9-13-10(12-5-8(2)11)14-15(9)6-7/h3-4,6,8H,5,11H2,1-2H3,(H,12,14). The van der Waals surface area contributed by atoms with E-state index in [9.17, 15) is 0 Å². The Morgan fingerprint density at radius 2 is 2.33 bits per heavy atom. The number of nitrogens with one attached hydrogen (secondary N) is 1. The van der Waals surface area contributed by atoms with Gasteiger partial charge in [-0.2, -0.15) is 4.98 Å². The highest BCUT2D eigenvalue weighted by Crippen LogP contribution is 2.06. The predicted molar refractivity (Wildman–Crippen MR) is 59.9 cm³/mol. The van der Waals surface area contributed by atoms with Gasteiger partial charge in [0.05, 0.1) is 0 Å². The molecule has 0 spiro atoms. The summed E-state index contributed by atoms with van der Waals surface area (Å²) in [5.41, 5.74) is 7.63. The van der Waals surface area contributed by atoms with Gasteiger partial charge in [0, 0.05) is 18.8 Å². The van der Waals surface area contributed by atoms with Crippen LogP contribution in [0.1, 0.15) is 12.5 Å². The molecule has 0 saturated heterocycles. The fourth-order valence-corrected chi connectivity index (χ4v) is 1.31. The molecule has 3 N–H and O–H groups in total. The third-order valence-electron chi connectivity index (χ3n) is 2.06. The minimum atomic E-state index is 0.0957. The molecule has 0 aliphatic carbocycles. The summed E-state index contributed by atoms with van der Waals surface area (Å²) in [6.07, 6.45) is 1.94. The van der Waals surface area contributed by atoms with Gasteiger partial charge in [0.15, 0.2) is 5.65 Å². The first-order chi connectivity index (χ1) is 7.15. The molecular weight excluding hydrogens is 190 g/mol. The lowest BCUT2D eigenvalue weighted by Crippen LogP contribution is -2.25. The third-order valence-corrected chi connectivity index (χ3v) is 2.06. The summed E-state index contributed by atoms with van der Waals surface area (Å²) in [7, 11) is 0. The van der Waals surface area contributed by atoms with Gasteiger partial charge < -0.3 is 11.1 Å². The van der Waals surface area contributed by atoms with E-state index in [-0.39, 0.29) is 6.04 Å². The molecule has 0 radical (unpaired) electrons. The van der Waals surface area contributed by atoms with Crippen molar-refractivity contribution < 1.29 is 0 Å². The van der Waals surface area contributed by atoms with Crippen LogP contribution in [0.25, 0.3) is 5.65 Å². The van der Waals surface area contributed by atoms with Crippen molar-refractivity contribution in [3.63, 3.8) is 0 Å². The molecule has 2 rings (SSSR count). The van der Waals surface area contributed by atoms with E-state index in [4.69, 9.17) is 5.73 Å². The largest absolute Gasteiger partial charge is 0.351 e. The quantitative estimate of drug-likeness (QED) is 0.777. The molecule has 0 aliphatic heterocycles. The fourth-order valence-electron chi connectivity index (χ4n) is 1.31. The van der Waals surface area contributed by atoms with Gasteiger partial charge in [-0.3, -0.25) is 0 Å². The molecule has 2 aromatic rings. The number of nitrogens with two attached hydrogens (primary N) is 1. The van der Waals surface area contributed by atoms with E-state index < -0.39 is 0 Å². The number of aromatic nitrogens is 3. The predicted octanol–water partition coefficient (Wildman–Crippen LogP) is 0.797. The normalized spacial score (nSPS) is 13.0. The van der Waals surface area contributed by atoms with E-state index in [1.165, 1.54) is 0 Å². The Morgan fingerprint density at radius 1 is 1.53 bits per heavy atom. The Kier molecular flexibility index (Phi) is 2.55. The summed E-state index contributed by atoms with van der Waals surface area (Å²) in [5, 5.41) is 7.37. The smallest absolute Gasteiger partial charge is 0.243 e. The van der Waals surface area contributed by atoms with Crippen molar-refractivity contribution in [2.75, 3.05) is 11.9 Å². The fraction of sp³-hybridized carbons (Fsp3) is 0.400. The Labute approximate surface area is 88.3 Å². The Morgan fingerprint density at radius 3 is 3.07 bits per heavy atom. The number of anilines is 1. The van der Waals surface area contributed by atoms with Crippen molar-refractivity contribution in [1.29, 1.82) is 0 Å². The lowest BCUT2D eigenvalue weighted by atomic mass is 10.3. The first-order valence-electron chi connectivity index (χ1n) is 4.97. The highest BCUT2D eigenvalue weighted by atomic mass is 15.3. The maximum Gasteiger partial charge on any atom is 0.243 e. The summed E-state index contributed by atoms with van der Waals surface area (Å²) in [4.78, 5) is 4.31. The highest BCUT2D eigenvalue weighted by Gasteiger charge is 2.03. The topological polar surface area (TPSA) is 68.2 Å². The van der Waals surface area contributed by atoms with Crippen LogP contribution in [0.5, 0.6) is 0 Å². The molecule has 1 atom stereocenters. The molecule has 5 heteroatoms. The molecule has 2 aromatic heterocycles. The van der Waals surface area contributed by atoms with Crippen molar-refractivity contribution in [1.82, 2.24) is 14.6 Å². The third kappa shape index (κ3) is 2.24. The first-order valence-corrected chi connectivity index (χ1v) is 4.97. The number of aryl methyl sites for hydroxylation is 1. The molecule has 0 aliphatic rings. The lowest BCUT2D eigenvalue weighted by molar-refractivity contribution is 0.772. The average Bonchev–Trinajstić information content (AvgIpc) is 2.56. The zero-order valence-electron chi connectivity index (χ0n) is 8.94. The van der Waals surface area contributed by atoms with Gasteiger partial charge >= 0.3 is 0 Å². The number of hydrogen-bond acceptors (Lipinski definition) is 4. The van der Waals surface area contributed by atoms with Gasteiger partial charge in [0.1, 0.15) is 0 Å². The summed E-state index contributed by atoms with van der Waals surface area (Å²) in [5.74, 6) is 0.623. The van der Waals surface area contributed by atoms with Crippen LogP contribution in [0.3, 0.4) is 0 Å². The SMILES string of the molecule is Cc1ccc2nc(NCC(C)N)nn2c1. The van der Waals surface area contributed by atoms with Crippen LogP contribution >= 0.6 is 0 Å². The average molecular weight is 205 g/mol. The van der Waals surface area contributed by atoms with Crippen molar-refractivity contribution in [2.24, 2.45) is 5.73 Å². The van der Waals surface area contributed by atoms with Crippen LogP contribution in [0.2, 0.25) is 0 Å². The summed E-state index contributed by atoms with van der Waals surface area (Å²) in [6.45, 7) is 4.64. The van der Waals surface area contributed by atoms with Gasteiger partial charge in [-0.15, -0.1) is 5.10 Å². The van der Waals surface area contributed by atoms with E-state index in [0.29, 0.717) is 12.5 Å². The minimum absolute atomic E-state index is 0.0957. The number of nitrogens with zero attached hydrogens (tertiary/aromatic N) is 3. The highest BCUT2D eigenvalue weighted by molar-refractivity contribution is 5.44. The molecule has 0 bridgehead atoms. The lowest BCUT2D eigenvalue weighted by Gasteiger charge is -2.03. The monoisotopic (exact) mass is 205 g/mol. The Bertz CT molecular complexity index is 460. The van der Waals surface area contributed by atoms with Gasteiger partial charge in [-0.05, 0) is 25.5 Å². The molecule has 0 amide bonds. The van der Waals surface area contributed by atoms with E-state index in [2.05, 4.69) is 15.4 Å². The van der Waals surface area contributed by atoms with Gasteiger partial charge in [0.25, 0.3) is 0 Å².